The summed E-state index contributed by atoms with van der Waals surface area (Å²) in [7, 11) is 0. The van der Waals surface area contributed by atoms with E-state index in [1.807, 2.05) is 13.8 Å². The van der Waals surface area contributed by atoms with Crippen molar-refractivity contribution in [1.29, 1.82) is 0 Å². The standard InChI is InChI=1S/C12H14BrClF2/c1-3-7(2)4-10(14)8-5-12(16)9(13)6-11(8)15/h5-7,10H,3-4H2,1-2H3. The zero-order valence-electron chi connectivity index (χ0n) is 9.24. The number of alkyl halides is 1. The van der Waals surface area contributed by atoms with Gasteiger partial charge in [0, 0.05) is 5.56 Å². The monoisotopic (exact) mass is 310 g/mol. The summed E-state index contributed by atoms with van der Waals surface area (Å²) in [6, 6.07) is 2.29. The molecule has 0 aliphatic rings. The van der Waals surface area contributed by atoms with Crippen molar-refractivity contribution in [3.8, 4) is 0 Å². The molecule has 0 bridgehead atoms. The second-order valence-electron chi connectivity index (χ2n) is 4.00. The van der Waals surface area contributed by atoms with E-state index in [1.165, 1.54) is 6.07 Å². The van der Waals surface area contributed by atoms with Crippen LogP contribution in [0.25, 0.3) is 0 Å². The van der Waals surface area contributed by atoms with Crippen molar-refractivity contribution in [2.45, 2.75) is 32.1 Å². The SMILES string of the molecule is CCC(C)CC(Cl)c1cc(F)c(Br)cc1F. The van der Waals surface area contributed by atoms with Gasteiger partial charge < -0.3 is 0 Å². The summed E-state index contributed by atoms with van der Waals surface area (Å²) in [6.07, 6.45) is 1.62. The Labute approximate surface area is 108 Å². The number of halogens is 4. The number of hydrogen-bond acceptors (Lipinski definition) is 0. The zero-order valence-corrected chi connectivity index (χ0v) is 11.6. The molecule has 0 nitrogen and oxygen atoms in total. The van der Waals surface area contributed by atoms with Crippen LogP contribution in [-0.2, 0) is 0 Å². The Bertz CT molecular complexity index is 368. The van der Waals surface area contributed by atoms with E-state index in [9.17, 15) is 8.78 Å². The van der Waals surface area contributed by atoms with Crippen LogP contribution in [0.4, 0.5) is 8.78 Å². The van der Waals surface area contributed by atoms with Crippen molar-refractivity contribution < 1.29 is 8.78 Å². The molecule has 0 N–H and O–H groups in total. The maximum atomic E-state index is 13.6. The van der Waals surface area contributed by atoms with Gasteiger partial charge in [-0.15, -0.1) is 11.6 Å². The van der Waals surface area contributed by atoms with Crippen LogP contribution in [0.15, 0.2) is 16.6 Å². The molecule has 0 aliphatic heterocycles. The Hall–Kier alpha value is -0.150. The van der Waals surface area contributed by atoms with Crippen LogP contribution in [0.3, 0.4) is 0 Å². The smallest absolute Gasteiger partial charge is 0.137 e. The molecule has 2 atom stereocenters. The van der Waals surface area contributed by atoms with E-state index < -0.39 is 17.0 Å². The summed E-state index contributed by atoms with van der Waals surface area (Å²) in [5.74, 6) is -0.545. The average molecular weight is 312 g/mol. The summed E-state index contributed by atoms with van der Waals surface area (Å²) < 4.78 is 26.9. The highest BCUT2D eigenvalue weighted by molar-refractivity contribution is 9.10. The maximum absolute atomic E-state index is 13.6. The second-order valence-corrected chi connectivity index (χ2v) is 5.39. The van der Waals surface area contributed by atoms with Crippen molar-refractivity contribution in [3.63, 3.8) is 0 Å². The molecular formula is C12H14BrClF2. The number of hydrogen-bond donors (Lipinski definition) is 0. The second kappa shape index (κ2) is 5.97. The van der Waals surface area contributed by atoms with E-state index in [1.54, 1.807) is 0 Å². The molecule has 16 heavy (non-hydrogen) atoms. The van der Waals surface area contributed by atoms with Crippen LogP contribution in [-0.4, -0.2) is 0 Å². The van der Waals surface area contributed by atoms with Gasteiger partial charge in [-0.2, -0.15) is 0 Å². The van der Waals surface area contributed by atoms with E-state index in [-0.39, 0.29) is 10.0 Å². The predicted molar refractivity (Wildman–Crippen MR) is 66.7 cm³/mol. The van der Waals surface area contributed by atoms with Crippen LogP contribution < -0.4 is 0 Å². The third-order valence-electron chi connectivity index (χ3n) is 2.68. The number of benzene rings is 1. The zero-order chi connectivity index (χ0) is 12.3. The first-order chi connectivity index (χ1) is 7.45. The highest BCUT2D eigenvalue weighted by atomic mass is 79.9. The number of rotatable bonds is 4. The fourth-order valence-electron chi connectivity index (χ4n) is 1.42. The Morgan fingerprint density at radius 2 is 1.94 bits per heavy atom. The minimum absolute atomic E-state index is 0.126. The van der Waals surface area contributed by atoms with Crippen LogP contribution >= 0.6 is 27.5 Å². The van der Waals surface area contributed by atoms with Crippen molar-refractivity contribution in [3.05, 3.63) is 33.8 Å². The van der Waals surface area contributed by atoms with Crippen molar-refractivity contribution in [2.24, 2.45) is 5.92 Å². The Morgan fingerprint density at radius 3 is 2.50 bits per heavy atom. The highest BCUT2D eigenvalue weighted by Crippen LogP contribution is 2.33. The first kappa shape index (κ1) is 13.9. The molecule has 4 heteroatoms. The largest absolute Gasteiger partial charge is 0.207 e. The van der Waals surface area contributed by atoms with E-state index in [0.29, 0.717) is 12.3 Å². The molecule has 0 radical (unpaired) electrons. The van der Waals surface area contributed by atoms with Gasteiger partial charge in [0.1, 0.15) is 11.6 Å². The topological polar surface area (TPSA) is 0 Å². The fraction of sp³-hybridized carbons (Fsp3) is 0.500. The van der Waals surface area contributed by atoms with Gasteiger partial charge in [0.15, 0.2) is 0 Å². The van der Waals surface area contributed by atoms with E-state index >= 15 is 0 Å². The van der Waals surface area contributed by atoms with Crippen molar-refractivity contribution >= 4 is 27.5 Å². The molecule has 0 saturated heterocycles. The molecule has 0 heterocycles. The van der Waals surface area contributed by atoms with Crippen molar-refractivity contribution in [1.82, 2.24) is 0 Å². The first-order valence-electron chi connectivity index (χ1n) is 5.24. The molecule has 1 aromatic carbocycles. The summed E-state index contributed by atoms with van der Waals surface area (Å²) in [4.78, 5) is 0. The Balaban J connectivity index is 2.91. The fourth-order valence-corrected chi connectivity index (χ4v) is 2.21. The van der Waals surface area contributed by atoms with Gasteiger partial charge in [-0.1, -0.05) is 20.3 Å². The summed E-state index contributed by atoms with van der Waals surface area (Å²) >= 11 is 9.02. The van der Waals surface area contributed by atoms with Crippen molar-refractivity contribution in [2.75, 3.05) is 0 Å². The highest BCUT2D eigenvalue weighted by Gasteiger charge is 2.17. The lowest BCUT2D eigenvalue weighted by Gasteiger charge is -2.15. The average Bonchev–Trinajstić information content (AvgIpc) is 2.23. The lowest BCUT2D eigenvalue weighted by molar-refractivity contribution is 0.494. The van der Waals surface area contributed by atoms with Crippen LogP contribution in [0.1, 0.15) is 37.6 Å². The summed E-state index contributed by atoms with van der Waals surface area (Å²) in [5.41, 5.74) is 0.239. The molecule has 1 rings (SSSR count). The summed E-state index contributed by atoms with van der Waals surface area (Å²) in [5, 5.41) is -0.474. The van der Waals surface area contributed by atoms with Gasteiger partial charge >= 0.3 is 0 Å². The lowest BCUT2D eigenvalue weighted by atomic mass is 9.98. The lowest BCUT2D eigenvalue weighted by Crippen LogP contribution is -2.02. The molecular weight excluding hydrogens is 297 g/mol. The van der Waals surface area contributed by atoms with Crippen LogP contribution in [0.2, 0.25) is 0 Å². The van der Waals surface area contributed by atoms with E-state index in [4.69, 9.17) is 11.6 Å². The van der Waals surface area contributed by atoms with Gasteiger partial charge in [-0.05, 0) is 40.4 Å². The minimum Gasteiger partial charge on any atom is -0.207 e. The minimum atomic E-state index is -0.480. The molecule has 0 aliphatic carbocycles. The van der Waals surface area contributed by atoms with Gasteiger partial charge in [0.05, 0.1) is 9.85 Å². The first-order valence-corrected chi connectivity index (χ1v) is 6.47. The van der Waals surface area contributed by atoms with Crippen LogP contribution in [0.5, 0.6) is 0 Å². The Morgan fingerprint density at radius 1 is 1.31 bits per heavy atom. The van der Waals surface area contributed by atoms with Gasteiger partial charge in [-0.25, -0.2) is 8.78 Å². The van der Waals surface area contributed by atoms with E-state index in [2.05, 4.69) is 15.9 Å². The van der Waals surface area contributed by atoms with Gasteiger partial charge in [0.25, 0.3) is 0 Å². The maximum Gasteiger partial charge on any atom is 0.137 e. The third kappa shape index (κ3) is 3.42. The van der Waals surface area contributed by atoms with E-state index in [0.717, 1.165) is 12.5 Å². The van der Waals surface area contributed by atoms with Gasteiger partial charge in [0.2, 0.25) is 0 Å². The molecule has 2 unspecified atom stereocenters. The molecule has 0 fully saturated rings. The molecule has 0 amide bonds. The predicted octanol–water partition coefficient (Wildman–Crippen LogP) is 5.44. The molecule has 0 aromatic heterocycles. The quantitative estimate of drug-likeness (QED) is 0.513. The molecule has 1 aromatic rings. The van der Waals surface area contributed by atoms with Crippen LogP contribution in [0, 0.1) is 17.6 Å². The third-order valence-corrected chi connectivity index (χ3v) is 3.70. The molecule has 0 spiro atoms. The Kier molecular flexibility index (Phi) is 5.19. The summed E-state index contributed by atoms with van der Waals surface area (Å²) in [6.45, 7) is 4.09. The van der Waals surface area contributed by atoms with Gasteiger partial charge in [-0.3, -0.25) is 0 Å². The molecule has 90 valence electrons. The molecule has 0 saturated carbocycles. The normalized spacial score (nSPS) is 14.9.